The number of nitrogens with zero attached hydrogens (tertiary/aromatic N) is 3. The molecule has 4 heteroatoms. The lowest BCUT2D eigenvalue weighted by molar-refractivity contribution is 0.967. The van der Waals surface area contributed by atoms with E-state index in [2.05, 4.69) is 16.0 Å². The van der Waals surface area contributed by atoms with Crippen LogP contribution in [0.4, 0.5) is 0 Å². The number of aromatic nitrogens is 2. The van der Waals surface area contributed by atoms with E-state index in [0.29, 0.717) is 0 Å². The maximum absolute atomic E-state index is 9.61. The highest BCUT2D eigenvalue weighted by atomic mass is 32.1. The van der Waals surface area contributed by atoms with Crippen LogP contribution in [0.25, 0.3) is 21.1 Å². The summed E-state index contributed by atoms with van der Waals surface area (Å²) >= 11 is 1.56. The van der Waals surface area contributed by atoms with Crippen molar-refractivity contribution in [3.05, 3.63) is 71.4 Å². The van der Waals surface area contributed by atoms with Gasteiger partial charge in [0, 0.05) is 5.39 Å². The van der Waals surface area contributed by atoms with E-state index in [1.54, 1.807) is 11.3 Å². The molecule has 0 bridgehead atoms. The van der Waals surface area contributed by atoms with Crippen LogP contribution in [0.15, 0.2) is 60.7 Å². The average Bonchev–Trinajstić information content (AvgIpc) is 2.99. The first-order chi connectivity index (χ1) is 10.8. The highest BCUT2D eigenvalue weighted by molar-refractivity contribution is 7.18. The van der Waals surface area contributed by atoms with E-state index in [4.69, 9.17) is 0 Å². The van der Waals surface area contributed by atoms with Crippen molar-refractivity contribution < 1.29 is 0 Å². The molecule has 0 amide bonds. The van der Waals surface area contributed by atoms with E-state index in [1.807, 2.05) is 60.7 Å². The first kappa shape index (κ1) is 12.9. The van der Waals surface area contributed by atoms with Crippen molar-refractivity contribution in [2.24, 2.45) is 0 Å². The molecule has 3 nitrogen and oxygen atoms in total. The molecule has 2 aromatic carbocycles. The summed E-state index contributed by atoms with van der Waals surface area (Å²) in [5.41, 5.74) is 2.59. The van der Waals surface area contributed by atoms with Crippen molar-refractivity contribution in [1.82, 2.24) is 9.97 Å². The summed E-state index contributed by atoms with van der Waals surface area (Å²) < 4.78 is 1.10. The van der Waals surface area contributed by atoms with Crippen molar-refractivity contribution in [2.75, 3.05) is 0 Å². The molecule has 0 N–H and O–H groups in total. The van der Waals surface area contributed by atoms with Crippen LogP contribution in [-0.2, 0) is 0 Å². The number of nitriles is 1. The van der Waals surface area contributed by atoms with Crippen molar-refractivity contribution >= 4 is 32.5 Å². The molecule has 0 fully saturated rings. The van der Waals surface area contributed by atoms with Crippen molar-refractivity contribution in [3.63, 3.8) is 0 Å². The first-order valence-electron chi connectivity index (χ1n) is 6.96. The van der Waals surface area contributed by atoms with Crippen LogP contribution in [0, 0.1) is 11.3 Å². The van der Waals surface area contributed by atoms with E-state index in [-0.39, 0.29) is 0 Å². The summed E-state index contributed by atoms with van der Waals surface area (Å²) in [5.74, 6) is -0.429. The number of hydrogen-bond acceptors (Lipinski definition) is 4. The monoisotopic (exact) mass is 301 g/mol. The van der Waals surface area contributed by atoms with Crippen molar-refractivity contribution in [3.8, 4) is 6.07 Å². The maximum Gasteiger partial charge on any atom is 0.140 e. The molecule has 0 spiro atoms. The summed E-state index contributed by atoms with van der Waals surface area (Å²) in [6.07, 6.45) is 0. The third-order valence-electron chi connectivity index (χ3n) is 3.60. The summed E-state index contributed by atoms with van der Waals surface area (Å²) in [7, 11) is 0. The molecule has 0 aliphatic rings. The largest absolute Gasteiger partial charge is 0.251 e. The molecule has 2 heterocycles. The lowest BCUT2D eigenvalue weighted by atomic mass is 10.1. The van der Waals surface area contributed by atoms with Gasteiger partial charge in [-0.15, -0.1) is 11.3 Å². The van der Waals surface area contributed by atoms with Crippen LogP contribution < -0.4 is 0 Å². The molecule has 104 valence electrons. The van der Waals surface area contributed by atoms with Crippen LogP contribution in [0.5, 0.6) is 0 Å². The van der Waals surface area contributed by atoms with Crippen LogP contribution in [0.2, 0.25) is 0 Å². The van der Waals surface area contributed by atoms with Gasteiger partial charge in [-0.1, -0.05) is 36.4 Å². The fourth-order valence-corrected chi connectivity index (χ4v) is 3.53. The van der Waals surface area contributed by atoms with Gasteiger partial charge in [0.2, 0.25) is 0 Å². The van der Waals surface area contributed by atoms with Crippen LogP contribution in [-0.4, -0.2) is 9.97 Å². The highest BCUT2D eigenvalue weighted by Crippen LogP contribution is 2.31. The normalized spacial score (nSPS) is 12.3. The third-order valence-corrected chi connectivity index (χ3v) is 4.70. The van der Waals surface area contributed by atoms with E-state index in [9.17, 15) is 5.26 Å². The Hall–Kier alpha value is -2.77. The third kappa shape index (κ3) is 2.12. The predicted octanol–water partition coefficient (Wildman–Crippen LogP) is 4.50. The van der Waals surface area contributed by atoms with Crippen LogP contribution >= 0.6 is 11.3 Å². The number of thiazole rings is 1. The molecule has 1 unspecified atom stereocenters. The Bertz CT molecular complexity index is 980. The van der Waals surface area contributed by atoms with Gasteiger partial charge in [-0.05, 0) is 24.3 Å². The van der Waals surface area contributed by atoms with E-state index >= 15 is 0 Å². The molecule has 0 saturated heterocycles. The zero-order valence-corrected chi connectivity index (χ0v) is 12.4. The summed E-state index contributed by atoms with van der Waals surface area (Å²) in [4.78, 5) is 9.23. The van der Waals surface area contributed by atoms with Gasteiger partial charge in [-0.3, -0.25) is 4.98 Å². The van der Waals surface area contributed by atoms with Gasteiger partial charge in [0.1, 0.15) is 10.9 Å². The number of rotatable bonds is 2. The van der Waals surface area contributed by atoms with Gasteiger partial charge in [0.25, 0.3) is 0 Å². The molecule has 2 aromatic heterocycles. The lowest BCUT2D eigenvalue weighted by Crippen LogP contribution is -2.00. The Morgan fingerprint density at radius 1 is 0.864 bits per heavy atom. The van der Waals surface area contributed by atoms with Gasteiger partial charge in [0.15, 0.2) is 0 Å². The van der Waals surface area contributed by atoms with Gasteiger partial charge in [-0.2, -0.15) is 5.26 Å². The second kappa shape index (κ2) is 5.21. The minimum Gasteiger partial charge on any atom is -0.251 e. The summed E-state index contributed by atoms with van der Waals surface area (Å²) in [5, 5.41) is 11.5. The van der Waals surface area contributed by atoms with Gasteiger partial charge in [-0.25, -0.2) is 4.98 Å². The van der Waals surface area contributed by atoms with E-state index in [1.165, 1.54) is 0 Å². The Kier molecular flexibility index (Phi) is 3.06. The highest BCUT2D eigenvalue weighted by Gasteiger charge is 2.19. The van der Waals surface area contributed by atoms with Crippen molar-refractivity contribution in [1.29, 1.82) is 5.26 Å². The second-order valence-corrected chi connectivity index (χ2v) is 6.07. The minimum absolute atomic E-state index is 0.429. The Morgan fingerprint density at radius 3 is 2.45 bits per heavy atom. The molecule has 1 atom stereocenters. The SMILES string of the molecule is N#CC(c1ccc2ccccc2n1)c1nc2ccccc2s1. The van der Waals surface area contributed by atoms with Gasteiger partial charge in [0.05, 0.1) is 27.5 Å². The summed E-state index contributed by atoms with van der Waals surface area (Å²) in [6, 6.07) is 22.1. The molecule has 0 aliphatic carbocycles. The number of pyridine rings is 1. The lowest BCUT2D eigenvalue weighted by Gasteiger charge is -2.06. The number of fused-ring (bicyclic) bond motifs is 2. The number of benzene rings is 2. The fraction of sp³-hybridized carbons (Fsp3) is 0.0556. The minimum atomic E-state index is -0.429. The molecular formula is C18H11N3S. The molecular weight excluding hydrogens is 290 g/mol. The van der Waals surface area contributed by atoms with Crippen LogP contribution in [0.1, 0.15) is 16.6 Å². The quantitative estimate of drug-likeness (QED) is 0.547. The maximum atomic E-state index is 9.61. The molecule has 4 aromatic rings. The topological polar surface area (TPSA) is 49.6 Å². The molecule has 22 heavy (non-hydrogen) atoms. The Morgan fingerprint density at radius 2 is 1.64 bits per heavy atom. The van der Waals surface area contributed by atoms with E-state index < -0.39 is 5.92 Å². The smallest absolute Gasteiger partial charge is 0.140 e. The molecule has 4 rings (SSSR count). The predicted molar refractivity (Wildman–Crippen MR) is 88.8 cm³/mol. The summed E-state index contributed by atoms with van der Waals surface area (Å²) in [6.45, 7) is 0. The van der Waals surface area contributed by atoms with E-state index in [0.717, 1.165) is 31.8 Å². The molecule has 0 radical (unpaired) electrons. The molecule has 0 aliphatic heterocycles. The van der Waals surface area contributed by atoms with Gasteiger partial charge < -0.3 is 0 Å². The van der Waals surface area contributed by atoms with Crippen LogP contribution in [0.3, 0.4) is 0 Å². The van der Waals surface area contributed by atoms with Crippen molar-refractivity contribution in [2.45, 2.75) is 5.92 Å². The Balaban J connectivity index is 1.84. The first-order valence-corrected chi connectivity index (χ1v) is 7.77. The fourth-order valence-electron chi connectivity index (χ4n) is 2.50. The Labute approximate surface area is 131 Å². The van der Waals surface area contributed by atoms with Gasteiger partial charge >= 0.3 is 0 Å². The molecule has 0 saturated carbocycles. The zero-order valence-electron chi connectivity index (χ0n) is 11.6. The standard InChI is InChI=1S/C18H11N3S/c19-11-13(18-21-16-7-3-4-8-17(16)22-18)15-10-9-12-5-1-2-6-14(12)20-15/h1-10,13H. The zero-order chi connectivity index (χ0) is 14.9. The number of hydrogen-bond donors (Lipinski definition) is 0. The number of para-hydroxylation sites is 2. The average molecular weight is 301 g/mol. The second-order valence-electron chi connectivity index (χ2n) is 5.01.